The Labute approximate surface area is 147 Å². The number of benzene rings is 1. The van der Waals surface area contributed by atoms with E-state index >= 15 is 0 Å². The van der Waals surface area contributed by atoms with Crippen molar-refractivity contribution in [1.29, 1.82) is 0 Å². The Morgan fingerprint density at radius 2 is 1.92 bits per heavy atom. The third-order valence-corrected chi connectivity index (χ3v) is 3.84. The fourth-order valence-corrected chi connectivity index (χ4v) is 2.54. The molecule has 0 spiro atoms. The highest BCUT2D eigenvalue weighted by Crippen LogP contribution is 2.34. The Balaban J connectivity index is 2.39. The van der Waals surface area contributed by atoms with Crippen LogP contribution in [0, 0.1) is 6.92 Å². The molecule has 0 saturated carbocycles. The maximum absolute atomic E-state index is 13.6. The summed E-state index contributed by atoms with van der Waals surface area (Å²) in [7, 11) is 1.33. The monoisotopic (exact) mass is 369 g/mol. The molecule has 1 aromatic heterocycles. The van der Waals surface area contributed by atoms with Crippen molar-refractivity contribution >= 4 is 11.9 Å². The third kappa shape index (κ3) is 4.22. The lowest BCUT2D eigenvalue weighted by Crippen LogP contribution is -2.30. The van der Waals surface area contributed by atoms with Gasteiger partial charge in [-0.25, -0.2) is 4.68 Å². The minimum Gasteiger partial charge on any atom is -0.481 e. The van der Waals surface area contributed by atoms with Crippen LogP contribution in [0.2, 0.25) is 0 Å². The first-order valence-electron chi connectivity index (χ1n) is 7.81. The SMILES string of the molecule is Cc1ccccc1-n1ncc(C(=O)N(C)CCCC(=O)O)c1C(F)(F)F. The van der Waals surface area contributed by atoms with E-state index in [1.807, 2.05) is 0 Å². The zero-order valence-corrected chi connectivity index (χ0v) is 14.2. The Kier molecular flexibility index (Phi) is 5.69. The van der Waals surface area contributed by atoms with Gasteiger partial charge < -0.3 is 10.0 Å². The number of carbonyl (C=O) groups excluding carboxylic acids is 1. The molecule has 0 aliphatic carbocycles. The number of halogens is 3. The van der Waals surface area contributed by atoms with Crippen LogP contribution in [0.1, 0.15) is 34.5 Å². The Morgan fingerprint density at radius 1 is 1.27 bits per heavy atom. The van der Waals surface area contributed by atoms with Crippen molar-refractivity contribution < 1.29 is 27.9 Å². The van der Waals surface area contributed by atoms with Gasteiger partial charge in [-0.3, -0.25) is 9.59 Å². The van der Waals surface area contributed by atoms with Gasteiger partial charge in [0.15, 0.2) is 5.69 Å². The van der Waals surface area contributed by atoms with Crippen LogP contribution < -0.4 is 0 Å². The molecule has 0 atom stereocenters. The lowest BCUT2D eigenvalue weighted by atomic mass is 10.1. The molecule has 0 fully saturated rings. The van der Waals surface area contributed by atoms with Crippen LogP contribution in [-0.2, 0) is 11.0 Å². The van der Waals surface area contributed by atoms with E-state index in [-0.39, 0.29) is 25.1 Å². The molecular formula is C17H18F3N3O3. The van der Waals surface area contributed by atoms with Crippen molar-refractivity contribution in [3.05, 3.63) is 47.3 Å². The molecule has 6 nitrogen and oxygen atoms in total. The van der Waals surface area contributed by atoms with Gasteiger partial charge in [-0.05, 0) is 25.0 Å². The highest BCUT2D eigenvalue weighted by atomic mass is 19.4. The summed E-state index contributed by atoms with van der Waals surface area (Å²) in [6, 6.07) is 6.42. The molecule has 2 aromatic rings. The van der Waals surface area contributed by atoms with Gasteiger partial charge in [0, 0.05) is 20.0 Å². The van der Waals surface area contributed by atoms with Crippen molar-refractivity contribution in [2.75, 3.05) is 13.6 Å². The number of para-hydroxylation sites is 1. The molecule has 1 aromatic carbocycles. The second-order valence-corrected chi connectivity index (χ2v) is 5.83. The molecule has 0 aliphatic heterocycles. The van der Waals surface area contributed by atoms with E-state index in [0.29, 0.717) is 10.2 Å². The van der Waals surface area contributed by atoms with Crippen molar-refractivity contribution in [3.63, 3.8) is 0 Å². The molecular weight excluding hydrogens is 351 g/mol. The van der Waals surface area contributed by atoms with Crippen LogP contribution in [0.4, 0.5) is 13.2 Å². The number of rotatable bonds is 6. The van der Waals surface area contributed by atoms with E-state index in [4.69, 9.17) is 5.11 Å². The van der Waals surface area contributed by atoms with Crippen molar-refractivity contribution in [1.82, 2.24) is 14.7 Å². The van der Waals surface area contributed by atoms with Gasteiger partial charge in [0.25, 0.3) is 5.91 Å². The molecule has 2 rings (SSSR count). The highest BCUT2D eigenvalue weighted by Gasteiger charge is 2.41. The number of aliphatic carboxylic acids is 1. The summed E-state index contributed by atoms with van der Waals surface area (Å²) in [5.74, 6) is -1.89. The molecule has 1 heterocycles. The standard InChI is InChI=1S/C17H18F3N3O3/c1-11-6-3-4-7-13(11)23-15(17(18,19)20)12(10-21-23)16(26)22(2)9-5-8-14(24)25/h3-4,6-7,10H,5,8-9H2,1-2H3,(H,24,25). The summed E-state index contributed by atoms with van der Waals surface area (Å²) in [6.07, 6.45) is -3.92. The first-order valence-corrected chi connectivity index (χ1v) is 7.81. The first kappa shape index (κ1) is 19.5. The molecule has 1 amide bonds. The summed E-state index contributed by atoms with van der Waals surface area (Å²) in [6.45, 7) is 1.68. The number of hydrogen-bond acceptors (Lipinski definition) is 3. The Hall–Kier alpha value is -2.84. The van der Waals surface area contributed by atoms with Crippen LogP contribution in [0.25, 0.3) is 5.69 Å². The van der Waals surface area contributed by atoms with Crippen molar-refractivity contribution in [2.45, 2.75) is 25.9 Å². The highest BCUT2D eigenvalue weighted by molar-refractivity contribution is 5.95. The number of nitrogens with zero attached hydrogens (tertiary/aromatic N) is 3. The van der Waals surface area contributed by atoms with Gasteiger partial charge in [-0.2, -0.15) is 18.3 Å². The summed E-state index contributed by atoms with van der Waals surface area (Å²) in [4.78, 5) is 24.0. The van der Waals surface area contributed by atoms with E-state index in [0.717, 1.165) is 11.1 Å². The maximum Gasteiger partial charge on any atom is 0.434 e. The van der Waals surface area contributed by atoms with Gasteiger partial charge in [-0.1, -0.05) is 18.2 Å². The molecule has 0 radical (unpaired) electrons. The van der Waals surface area contributed by atoms with E-state index in [1.165, 1.54) is 13.1 Å². The second kappa shape index (κ2) is 7.59. The number of aromatic nitrogens is 2. The van der Waals surface area contributed by atoms with Gasteiger partial charge in [0.2, 0.25) is 0 Å². The molecule has 0 aliphatic rings. The largest absolute Gasteiger partial charge is 0.481 e. The average molecular weight is 369 g/mol. The van der Waals surface area contributed by atoms with Crippen LogP contribution in [0.3, 0.4) is 0 Å². The minimum absolute atomic E-state index is 0.0258. The van der Waals surface area contributed by atoms with Crippen LogP contribution in [0.15, 0.2) is 30.5 Å². The van der Waals surface area contributed by atoms with Crippen molar-refractivity contribution in [2.24, 2.45) is 0 Å². The summed E-state index contributed by atoms with van der Waals surface area (Å²) in [5.41, 5.74) is -0.914. The minimum atomic E-state index is -4.79. The first-order chi connectivity index (χ1) is 12.1. The van der Waals surface area contributed by atoms with Gasteiger partial charge >= 0.3 is 12.1 Å². The maximum atomic E-state index is 13.6. The van der Waals surface area contributed by atoms with Gasteiger partial charge in [0.1, 0.15) is 0 Å². The van der Waals surface area contributed by atoms with Crippen LogP contribution in [0.5, 0.6) is 0 Å². The predicted octanol–water partition coefficient (Wildman–Crippen LogP) is 3.14. The summed E-state index contributed by atoms with van der Waals surface area (Å²) in [5, 5.41) is 12.4. The topological polar surface area (TPSA) is 75.4 Å². The Bertz CT molecular complexity index is 815. The smallest absolute Gasteiger partial charge is 0.434 e. The average Bonchev–Trinajstić information content (AvgIpc) is 2.99. The molecule has 0 bridgehead atoms. The molecule has 0 unspecified atom stereocenters. The van der Waals surface area contributed by atoms with Crippen molar-refractivity contribution in [3.8, 4) is 5.69 Å². The fraction of sp³-hybridized carbons (Fsp3) is 0.353. The number of hydrogen-bond donors (Lipinski definition) is 1. The van der Waals surface area contributed by atoms with E-state index in [9.17, 15) is 22.8 Å². The second-order valence-electron chi connectivity index (χ2n) is 5.83. The fourth-order valence-electron chi connectivity index (χ4n) is 2.54. The number of carboxylic acid groups (broad SMARTS) is 1. The lowest BCUT2D eigenvalue weighted by Gasteiger charge is -2.18. The number of amides is 1. The zero-order chi connectivity index (χ0) is 19.5. The normalized spacial score (nSPS) is 11.4. The zero-order valence-electron chi connectivity index (χ0n) is 14.2. The molecule has 9 heteroatoms. The number of carboxylic acids is 1. The van der Waals surface area contributed by atoms with E-state index in [1.54, 1.807) is 25.1 Å². The van der Waals surface area contributed by atoms with E-state index < -0.39 is 29.3 Å². The Morgan fingerprint density at radius 3 is 2.50 bits per heavy atom. The molecule has 1 N–H and O–H groups in total. The number of carbonyl (C=O) groups is 2. The van der Waals surface area contributed by atoms with Gasteiger partial charge in [-0.15, -0.1) is 0 Å². The summed E-state index contributed by atoms with van der Waals surface area (Å²) < 4.78 is 41.6. The van der Waals surface area contributed by atoms with E-state index in [2.05, 4.69) is 5.10 Å². The molecule has 0 saturated heterocycles. The van der Waals surface area contributed by atoms with Crippen LogP contribution in [-0.4, -0.2) is 45.3 Å². The molecule has 140 valence electrons. The number of alkyl halides is 3. The predicted molar refractivity (Wildman–Crippen MR) is 87.1 cm³/mol. The quantitative estimate of drug-likeness (QED) is 0.849. The van der Waals surface area contributed by atoms with Crippen LogP contribution >= 0.6 is 0 Å². The molecule has 26 heavy (non-hydrogen) atoms. The lowest BCUT2D eigenvalue weighted by molar-refractivity contribution is -0.143. The third-order valence-electron chi connectivity index (χ3n) is 3.84. The van der Waals surface area contributed by atoms with Gasteiger partial charge in [0.05, 0.1) is 17.4 Å². The summed E-state index contributed by atoms with van der Waals surface area (Å²) >= 11 is 0. The number of aryl methyl sites for hydroxylation is 1.